The van der Waals surface area contributed by atoms with Crippen molar-refractivity contribution in [1.29, 1.82) is 0 Å². The number of benzene rings is 2. The molecule has 0 amide bonds. The molecule has 0 fully saturated rings. The second-order valence-electron chi connectivity index (χ2n) is 5.30. The van der Waals surface area contributed by atoms with Gasteiger partial charge in [0, 0.05) is 9.50 Å². The van der Waals surface area contributed by atoms with E-state index in [1.54, 1.807) is 6.07 Å². The Bertz CT molecular complexity index is 820. The van der Waals surface area contributed by atoms with Crippen molar-refractivity contribution in [3.8, 4) is 0 Å². The van der Waals surface area contributed by atoms with Crippen LogP contribution in [0.2, 0.25) is 5.02 Å². The van der Waals surface area contributed by atoms with Gasteiger partial charge < -0.3 is 4.74 Å². The number of halogens is 2. The Morgan fingerprint density at radius 3 is 2.65 bits per heavy atom. The average Bonchev–Trinajstić information content (AvgIpc) is 2.95. The molecular weight excluding hydrogens is 376 g/mol. The number of carbonyl (C=O) groups is 1. The van der Waals surface area contributed by atoms with Crippen LogP contribution in [-0.4, -0.2) is 13.1 Å². The van der Waals surface area contributed by atoms with Crippen LogP contribution in [0.4, 0.5) is 0 Å². The number of ether oxygens (including phenoxy) is 1. The zero-order valence-corrected chi connectivity index (χ0v) is 14.8. The molecule has 3 rings (SSSR count). The molecule has 0 aliphatic heterocycles. The van der Waals surface area contributed by atoms with Gasteiger partial charge in [0.05, 0.1) is 12.7 Å². The van der Waals surface area contributed by atoms with Gasteiger partial charge in [0.15, 0.2) is 0 Å². The number of hydrogen-bond donors (Lipinski definition) is 0. The summed E-state index contributed by atoms with van der Waals surface area (Å²) in [6.45, 7) is 0. The molecule has 0 aromatic heterocycles. The summed E-state index contributed by atoms with van der Waals surface area (Å²) >= 11 is 9.35. The largest absolute Gasteiger partial charge is 0.465 e. The van der Waals surface area contributed by atoms with Gasteiger partial charge in [-0.2, -0.15) is 0 Å². The summed E-state index contributed by atoms with van der Waals surface area (Å²) in [6, 6.07) is 11.5. The summed E-state index contributed by atoms with van der Waals surface area (Å²) in [5, 5.41) is 0.724. The second kappa shape index (κ2) is 6.73. The molecular formula is C19H14BrClO2. The van der Waals surface area contributed by atoms with Crippen LogP contribution in [0.15, 0.2) is 52.5 Å². The maximum Gasteiger partial charge on any atom is 0.338 e. The van der Waals surface area contributed by atoms with Crippen molar-refractivity contribution in [3.63, 3.8) is 0 Å². The Morgan fingerprint density at radius 1 is 1.22 bits per heavy atom. The number of fused-ring (bicyclic) bond motifs is 1. The van der Waals surface area contributed by atoms with Crippen LogP contribution >= 0.6 is 27.5 Å². The van der Waals surface area contributed by atoms with Crippen LogP contribution in [0.25, 0.3) is 12.2 Å². The van der Waals surface area contributed by atoms with Gasteiger partial charge in [-0.15, -0.1) is 0 Å². The van der Waals surface area contributed by atoms with Crippen LogP contribution < -0.4 is 0 Å². The first kappa shape index (κ1) is 16.0. The normalized spacial score (nSPS) is 13.1. The second-order valence-corrected chi connectivity index (χ2v) is 6.65. The van der Waals surface area contributed by atoms with Crippen molar-refractivity contribution in [2.75, 3.05) is 7.11 Å². The molecule has 2 aromatic carbocycles. The third-order valence-electron chi connectivity index (χ3n) is 3.72. The minimum Gasteiger partial charge on any atom is -0.465 e. The molecule has 0 spiro atoms. The van der Waals surface area contributed by atoms with E-state index in [1.807, 2.05) is 42.5 Å². The highest BCUT2D eigenvalue weighted by molar-refractivity contribution is 9.10. The number of methoxy groups -OCH3 is 1. The molecule has 0 saturated heterocycles. The molecule has 0 bridgehead atoms. The molecule has 0 radical (unpaired) electrons. The Balaban J connectivity index is 1.89. The number of esters is 1. The highest BCUT2D eigenvalue weighted by atomic mass is 79.9. The van der Waals surface area contributed by atoms with Gasteiger partial charge in [-0.05, 0) is 52.9 Å². The Kier molecular flexibility index (Phi) is 4.69. The van der Waals surface area contributed by atoms with Crippen LogP contribution in [-0.2, 0) is 11.2 Å². The van der Waals surface area contributed by atoms with Gasteiger partial charge in [-0.3, -0.25) is 0 Å². The molecule has 4 heteroatoms. The standard InChI is InChI=1S/C19H14BrClO2/c1-23-19(22)18-11-15(20)10-14-8-13(9-17(14)18)3-2-12-4-6-16(21)7-5-12/h2-7,9-11H,8H2,1H3/b3-2+. The zero-order valence-electron chi connectivity index (χ0n) is 12.5. The molecule has 1 aliphatic carbocycles. The van der Waals surface area contributed by atoms with Gasteiger partial charge in [0.1, 0.15) is 0 Å². The Hall–Kier alpha value is -1.84. The molecule has 116 valence electrons. The molecule has 2 aromatic rings. The van der Waals surface area contributed by atoms with E-state index in [0.29, 0.717) is 5.56 Å². The molecule has 0 saturated carbocycles. The highest BCUT2D eigenvalue weighted by Crippen LogP contribution is 2.32. The molecule has 1 aliphatic rings. The van der Waals surface area contributed by atoms with E-state index < -0.39 is 0 Å². The average molecular weight is 390 g/mol. The van der Waals surface area contributed by atoms with Crippen LogP contribution in [0.1, 0.15) is 27.0 Å². The van der Waals surface area contributed by atoms with Crippen molar-refractivity contribution in [3.05, 3.63) is 79.8 Å². The van der Waals surface area contributed by atoms with E-state index >= 15 is 0 Å². The van der Waals surface area contributed by atoms with Gasteiger partial charge in [-0.1, -0.05) is 57.9 Å². The highest BCUT2D eigenvalue weighted by Gasteiger charge is 2.20. The third-order valence-corrected chi connectivity index (χ3v) is 4.43. The van der Waals surface area contributed by atoms with Crippen LogP contribution in [0, 0.1) is 0 Å². The first-order valence-electron chi connectivity index (χ1n) is 7.12. The van der Waals surface area contributed by atoms with Crippen molar-refractivity contribution in [2.45, 2.75) is 6.42 Å². The summed E-state index contributed by atoms with van der Waals surface area (Å²) in [6.07, 6.45) is 6.95. The molecule has 2 nitrogen and oxygen atoms in total. The summed E-state index contributed by atoms with van der Waals surface area (Å²) in [4.78, 5) is 11.9. The quantitative estimate of drug-likeness (QED) is 0.644. The van der Waals surface area contributed by atoms with E-state index in [2.05, 4.69) is 22.0 Å². The number of rotatable bonds is 3. The lowest BCUT2D eigenvalue weighted by molar-refractivity contribution is 0.0600. The van der Waals surface area contributed by atoms with Crippen molar-refractivity contribution in [1.82, 2.24) is 0 Å². The maximum atomic E-state index is 11.9. The van der Waals surface area contributed by atoms with Gasteiger partial charge >= 0.3 is 5.97 Å². The number of allylic oxidation sites excluding steroid dienone is 2. The first-order valence-corrected chi connectivity index (χ1v) is 8.29. The molecule has 0 heterocycles. The summed E-state index contributed by atoms with van der Waals surface area (Å²) in [7, 11) is 1.40. The predicted molar refractivity (Wildman–Crippen MR) is 97.6 cm³/mol. The monoisotopic (exact) mass is 388 g/mol. The smallest absolute Gasteiger partial charge is 0.338 e. The lowest BCUT2D eigenvalue weighted by Gasteiger charge is -2.06. The van der Waals surface area contributed by atoms with Crippen molar-refractivity contribution >= 4 is 45.7 Å². The van der Waals surface area contributed by atoms with Gasteiger partial charge in [0.25, 0.3) is 0 Å². The third kappa shape index (κ3) is 3.57. The first-order chi connectivity index (χ1) is 11.1. The SMILES string of the molecule is COC(=O)c1cc(Br)cc2c1C=C(/C=C/c1ccc(Cl)cc1)C2. The lowest BCUT2D eigenvalue weighted by atomic mass is 10.0. The van der Waals surface area contributed by atoms with Crippen LogP contribution in [0.3, 0.4) is 0 Å². The van der Waals surface area contributed by atoms with E-state index in [-0.39, 0.29) is 5.97 Å². The molecule has 0 atom stereocenters. The Labute approximate surface area is 148 Å². The van der Waals surface area contributed by atoms with Gasteiger partial charge in [-0.25, -0.2) is 4.79 Å². The van der Waals surface area contributed by atoms with E-state index in [9.17, 15) is 4.79 Å². The van der Waals surface area contributed by atoms with Crippen molar-refractivity contribution in [2.24, 2.45) is 0 Å². The molecule has 0 unspecified atom stereocenters. The Morgan fingerprint density at radius 2 is 1.96 bits per heavy atom. The lowest BCUT2D eigenvalue weighted by Crippen LogP contribution is -2.04. The van der Waals surface area contributed by atoms with Crippen molar-refractivity contribution < 1.29 is 9.53 Å². The fourth-order valence-electron chi connectivity index (χ4n) is 2.61. The van der Waals surface area contributed by atoms with E-state index in [0.717, 1.165) is 38.2 Å². The fourth-order valence-corrected chi connectivity index (χ4v) is 3.24. The maximum absolute atomic E-state index is 11.9. The summed E-state index contributed by atoms with van der Waals surface area (Å²) in [5.41, 5.74) is 4.89. The van der Waals surface area contributed by atoms with E-state index in [4.69, 9.17) is 16.3 Å². The minimum atomic E-state index is -0.318. The summed E-state index contributed by atoms with van der Waals surface area (Å²) < 4.78 is 5.76. The molecule has 0 N–H and O–H groups in total. The van der Waals surface area contributed by atoms with Crippen LogP contribution in [0.5, 0.6) is 0 Å². The van der Waals surface area contributed by atoms with Gasteiger partial charge in [0.2, 0.25) is 0 Å². The van der Waals surface area contributed by atoms with E-state index in [1.165, 1.54) is 7.11 Å². The molecule has 23 heavy (non-hydrogen) atoms. The topological polar surface area (TPSA) is 26.3 Å². The number of hydrogen-bond acceptors (Lipinski definition) is 2. The zero-order chi connectivity index (χ0) is 16.4. The summed E-state index contributed by atoms with van der Waals surface area (Å²) in [5.74, 6) is -0.318. The minimum absolute atomic E-state index is 0.318. The number of carbonyl (C=O) groups excluding carboxylic acids is 1. The fraction of sp³-hybridized carbons (Fsp3) is 0.105. The predicted octanol–water partition coefficient (Wildman–Crippen LogP) is 5.54.